The fourth-order valence-corrected chi connectivity index (χ4v) is 2.58. The maximum atomic E-state index is 12.5. The molecule has 2 aromatic carbocycles. The van der Waals surface area contributed by atoms with Gasteiger partial charge in [-0.3, -0.25) is 4.79 Å². The van der Waals surface area contributed by atoms with Crippen LogP contribution in [0.25, 0.3) is 0 Å². The van der Waals surface area contributed by atoms with E-state index in [4.69, 9.17) is 16.3 Å². The predicted molar refractivity (Wildman–Crippen MR) is 105 cm³/mol. The van der Waals surface area contributed by atoms with Gasteiger partial charge in [-0.15, -0.1) is 0 Å². The third-order valence-electron chi connectivity index (χ3n) is 3.70. The Hall–Kier alpha value is -3.38. The number of nitrogens with zero attached hydrogens (tertiary/aromatic N) is 1. The van der Waals surface area contributed by atoms with E-state index in [1.807, 2.05) is 12.1 Å². The number of aromatic nitrogens is 1. The van der Waals surface area contributed by atoms with Crippen LogP contribution >= 0.6 is 11.6 Å². The van der Waals surface area contributed by atoms with E-state index in [-0.39, 0.29) is 11.5 Å². The smallest absolute Gasteiger partial charge is 0.339 e. The van der Waals surface area contributed by atoms with Crippen molar-refractivity contribution < 1.29 is 14.3 Å². The Morgan fingerprint density at radius 1 is 1.04 bits per heavy atom. The minimum Gasteiger partial charge on any atom is -0.465 e. The normalized spacial score (nSPS) is 10.1. The molecule has 1 amide bonds. The molecule has 7 heteroatoms. The van der Waals surface area contributed by atoms with E-state index in [0.29, 0.717) is 22.1 Å². The molecule has 1 heterocycles. The van der Waals surface area contributed by atoms with Crippen molar-refractivity contribution in [2.75, 3.05) is 17.7 Å². The number of halogens is 1. The zero-order valence-electron chi connectivity index (χ0n) is 14.4. The van der Waals surface area contributed by atoms with Crippen LogP contribution in [0.15, 0.2) is 66.9 Å². The highest BCUT2D eigenvalue weighted by atomic mass is 35.5. The number of methoxy groups -OCH3 is 1. The van der Waals surface area contributed by atoms with E-state index in [1.54, 1.807) is 48.5 Å². The highest BCUT2D eigenvalue weighted by molar-refractivity contribution is 6.30. The summed E-state index contributed by atoms with van der Waals surface area (Å²) in [6.45, 7) is 0. The average molecular weight is 382 g/mol. The standard InChI is InChI=1S/C20H16ClN3O3/c1-27-20(26)16-7-2-3-8-17(16)24-19(25)13-9-10-18(22-12-13)23-15-6-4-5-14(21)11-15/h2-12H,1H3,(H,22,23)(H,24,25). The Bertz CT molecular complexity index is 974. The summed E-state index contributed by atoms with van der Waals surface area (Å²) in [5.41, 5.74) is 1.79. The monoisotopic (exact) mass is 381 g/mol. The first-order chi connectivity index (χ1) is 13.1. The van der Waals surface area contributed by atoms with Crippen LogP contribution in [0.2, 0.25) is 5.02 Å². The number of anilines is 3. The Labute approximate surface area is 161 Å². The average Bonchev–Trinajstić information content (AvgIpc) is 2.68. The van der Waals surface area contributed by atoms with E-state index in [1.165, 1.54) is 13.3 Å². The minimum absolute atomic E-state index is 0.278. The third-order valence-corrected chi connectivity index (χ3v) is 3.94. The van der Waals surface area contributed by atoms with Gasteiger partial charge in [0.1, 0.15) is 5.82 Å². The van der Waals surface area contributed by atoms with Crippen molar-refractivity contribution in [1.82, 2.24) is 4.98 Å². The van der Waals surface area contributed by atoms with Crippen LogP contribution in [0.3, 0.4) is 0 Å². The SMILES string of the molecule is COC(=O)c1ccccc1NC(=O)c1ccc(Nc2cccc(Cl)c2)nc1. The Balaban J connectivity index is 1.72. The molecule has 6 nitrogen and oxygen atoms in total. The second kappa shape index (κ2) is 8.33. The first-order valence-electron chi connectivity index (χ1n) is 8.04. The maximum Gasteiger partial charge on any atom is 0.339 e. The number of benzene rings is 2. The maximum absolute atomic E-state index is 12.5. The van der Waals surface area contributed by atoms with Gasteiger partial charge in [-0.1, -0.05) is 29.8 Å². The van der Waals surface area contributed by atoms with Gasteiger partial charge in [-0.05, 0) is 42.5 Å². The number of rotatable bonds is 5. The summed E-state index contributed by atoms with van der Waals surface area (Å²) in [5, 5.41) is 6.42. The largest absolute Gasteiger partial charge is 0.465 e. The first kappa shape index (κ1) is 18.4. The lowest BCUT2D eigenvalue weighted by Crippen LogP contribution is -2.15. The second-order valence-corrected chi connectivity index (χ2v) is 6.00. The van der Waals surface area contributed by atoms with E-state index in [2.05, 4.69) is 15.6 Å². The van der Waals surface area contributed by atoms with E-state index < -0.39 is 5.97 Å². The van der Waals surface area contributed by atoms with Gasteiger partial charge >= 0.3 is 5.97 Å². The molecule has 0 saturated heterocycles. The Kier molecular flexibility index (Phi) is 5.68. The number of ether oxygens (including phenoxy) is 1. The first-order valence-corrected chi connectivity index (χ1v) is 8.42. The number of carbonyl (C=O) groups is 2. The summed E-state index contributed by atoms with van der Waals surface area (Å²) in [7, 11) is 1.29. The van der Waals surface area contributed by atoms with E-state index in [9.17, 15) is 9.59 Å². The molecule has 3 aromatic rings. The molecule has 0 unspecified atom stereocenters. The molecule has 0 spiro atoms. The molecule has 1 aromatic heterocycles. The molecule has 0 bridgehead atoms. The Morgan fingerprint density at radius 3 is 2.56 bits per heavy atom. The minimum atomic E-state index is -0.523. The van der Waals surface area contributed by atoms with Gasteiger partial charge in [-0.25, -0.2) is 9.78 Å². The van der Waals surface area contributed by atoms with Crippen LogP contribution in [0.5, 0.6) is 0 Å². The van der Waals surface area contributed by atoms with Gasteiger partial charge in [-0.2, -0.15) is 0 Å². The number of esters is 1. The molecule has 3 rings (SSSR count). The highest BCUT2D eigenvalue weighted by Crippen LogP contribution is 2.20. The van der Waals surface area contributed by atoms with Gasteiger partial charge in [0, 0.05) is 16.9 Å². The van der Waals surface area contributed by atoms with Gasteiger partial charge in [0.25, 0.3) is 5.91 Å². The summed E-state index contributed by atoms with van der Waals surface area (Å²) in [6.07, 6.45) is 1.45. The topological polar surface area (TPSA) is 80.3 Å². The van der Waals surface area contributed by atoms with Gasteiger partial charge in [0.15, 0.2) is 0 Å². The summed E-state index contributed by atoms with van der Waals surface area (Å²) in [4.78, 5) is 28.5. The third kappa shape index (κ3) is 4.62. The summed E-state index contributed by atoms with van der Waals surface area (Å²) in [5.74, 6) is -0.331. The second-order valence-electron chi connectivity index (χ2n) is 5.56. The summed E-state index contributed by atoms with van der Waals surface area (Å²) >= 11 is 5.95. The van der Waals surface area contributed by atoms with Gasteiger partial charge in [0.2, 0.25) is 0 Å². The van der Waals surface area contributed by atoms with Crippen molar-refractivity contribution >= 4 is 40.7 Å². The number of carbonyl (C=O) groups excluding carboxylic acids is 2. The van der Waals surface area contributed by atoms with Crippen LogP contribution < -0.4 is 10.6 Å². The molecule has 0 aliphatic carbocycles. The highest BCUT2D eigenvalue weighted by Gasteiger charge is 2.14. The number of hydrogen-bond donors (Lipinski definition) is 2. The zero-order valence-corrected chi connectivity index (χ0v) is 15.2. The number of amides is 1. The molecule has 0 fully saturated rings. The number of para-hydroxylation sites is 1. The zero-order chi connectivity index (χ0) is 19.2. The number of hydrogen-bond acceptors (Lipinski definition) is 5. The van der Waals surface area contributed by atoms with Gasteiger partial charge in [0.05, 0.1) is 23.9 Å². The molecule has 0 atom stereocenters. The molecule has 0 aliphatic heterocycles. The lowest BCUT2D eigenvalue weighted by Gasteiger charge is -2.10. The lowest BCUT2D eigenvalue weighted by atomic mass is 10.1. The van der Waals surface area contributed by atoms with Crippen LogP contribution in [0.1, 0.15) is 20.7 Å². The van der Waals surface area contributed by atoms with Gasteiger partial charge < -0.3 is 15.4 Å². The van der Waals surface area contributed by atoms with Crippen molar-refractivity contribution in [3.8, 4) is 0 Å². The summed E-state index contributed by atoms with van der Waals surface area (Å²) < 4.78 is 4.72. The van der Waals surface area contributed by atoms with Crippen molar-refractivity contribution in [3.63, 3.8) is 0 Å². The molecule has 0 aliphatic rings. The van der Waals surface area contributed by atoms with Crippen LogP contribution in [-0.2, 0) is 4.74 Å². The molecule has 27 heavy (non-hydrogen) atoms. The molecular formula is C20H16ClN3O3. The van der Waals surface area contributed by atoms with Crippen molar-refractivity contribution in [2.24, 2.45) is 0 Å². The van der Waals surface area contributed by atoms with E-state index in [0.717, 1.165) is 5.69 Å². The van der Waals surface area contributed by atoms with Crippen LogP contribution in [0, 0.1) is 0 Å². The quantitative estimate of drug-likeness (QED) is 0.635. The van der Waals surface area contributed by atoms with E-state index >= 15 is 0 Å². The fraction of sp³-hybridized carbons (Fsp3) is 0.0500. The molecule has 136 valence electrons. The fourth-order valence-electron chi connectivity index (χ4n) is 2.39. The summed E-state index contributed by atoms with van der Waals surface area (Å²) in [6, 6.07) is 17.2. The van der Waals surface area contributed by atoms with Crippen LogP contribution in [0.4, 0.5) is 17.2 Å². The van der Waals surface area contributed by atoms with Crippen molar-refractivity contribution in [1.29, 1.82) is 0 Å². The number of nitrogens with one attached hydrogen (secondary N) is 2. The van der Waals surface area contributed by atoms with Crippen LogP contribution in [-0.4, -0.2) is 24.0 Å². The molecule has 0 radical (unpaired) electrons. The molecule has 2 N–H and O–H groups in total. The predicted octanol–water partition coefficient (Wildman–Crippen LogP) is 4.52. The molecule has 0 saturated carbocycles. The van der Waals surface area contributed by atoms with Crippen molar-refractivity contribution in [2.45, 2.75) is 0 Å². The number of pyridine rings is 1. The Morgan fingerprint density at radius 2 is 1.85 bits per heavy atom. The molecular weight excluding hydrogens is 366 g/mol. The van der Waals surface area contributed by atoms with Crippen molar-refractivity contribution in [3.05, 3.63) is 83.0 Å². The lowest BCUT2D eigenvalue weighted by molar-refractivity contribution is 0.0602.